The Bertz CT molecular complexity index is 1250. The molecule has 1 N–H and O–H groups in total. The summed E-state index contributed by atoms with van der Waals surface area (Å²) in [7, 11) is 3.01. The van der Waals surface area contributed by atoms with Gasteiger partial charge in [0.15, 0.2) is 0 Å². The molecule has 0 unspecified atom stereocenters. The zero-order valence-electron chi connectivity index (χ0n) is 25.4. The summed E-state index contributed by atoms with van der Waals surface area (Å²) in [4.78, 5) is 42.4. The second-order valence-electron chi connectivity index (χ2n) is 11.6. The highest BCUT2D eigenvalue weighted by Gasteiger charge is 2.32. The van der Waals surface area contributed by atoms with Crippen molar-refractivity contribution >= 4 is 35.1 Å². The lowest BCUT2D eigenvalue weighted by Gasteiger charge is -2.34. The number of likely N-dealkylation sites (tertiary alicyclic amines) is 1. The molecule has 2 amide bonds. The van der Waals surface area contributed by atoms with Crippen LogP contribution in [0.2, 0.25) is 5.02 Å². The van der Waals surface area contributed by atoms with E-state index in [2.05, 4.69) is 0 Å². The zero-order chi connectivity index (χ0) is 31.0. The molecule has 2 aromatic carbocycles. The summed E-state index contributed by atoms with van der Waals surface area (Å²) in [5, 5.41) is 12.0. The summed E-state index contributed by atoms with van der Waals surface area (Å²) in [5.74, 6) is -0.0335. The molecule has 42 heavy (non-hydrogen) atoms. The normalized spacial score (nSPS) is 14.7. The first-order chi connectivity index (χ1) is 19.9. The van der Waals surface area contributed by atoms with Gasteiger partial charge in [0.1, 0.15) is 17.6 Å². The molecule has 1 aliphatic heterocycles. The molecule has 1 aliphatic rings. The Kier molecular flexibility index (Phi) is 11.7. The highest BCUT2D eigenvalue weighted by Crippen LogP contribution is 2.43. The van der Waals surface area contributed by atoms with Gasteiger partial charge in [-0.1, -0.05) is 50.6 Å². The van der Waals surface area contributed by atoms with E-state index in [4.69, 9.17) is 25.8 Å². The van der Waals surface area contributed by atoms with Crippen molar-refractivity contribution in [3.63, 3.8) is 0 Å². The third-order valence-corrected chi connectivity index (χ3v) is 7.46. The molecule has 3 rings (SSSR count). The first kappa shape index (κ1) is 33.2. The molecule has 10 heteroatoms. The molecule has 9 nitrogen and oxygen atoms in total. The van der Waals surface area contributed by atoms with Gasteiger partial charge in [0.05, 0.1) is 32.4 Å². The van der Waals surface area contributed by atoms with E-state index in [1.54, 1.807) is 53.1 Å². The van der Waals surface area contributed by atoms with Crippen molar-refractivity contribution in [3.05, 3.63) is 52.5 Å². The molecule has 0 bridgehead atoms. The van der Waals surface area contributed by atoms with Crippen molar-refractivity contribution in [2.24, 2.45) is 11.3 Å². The molecule has 1 heterocycles. The van der Waals surface area contributed by atoms with Crippen molar-refractivity contribution < 1.29 is 33.7 Å². The number of rotatable bonds is 11. The maximum Gasteiger partial charge on any atom is 0.309 e. The number of anilines is 1. The average molecular weight is 603 g/mol. The molecule has 0 radical (unpaired) electrons. The minimum Gasteiger partial charge on any atom is -0.496 e. The molecule has 0 aliphatic carbocycles. The minimum atomic E-state index is -1.18. The van der Waals surface area contributed by atoms with Crippen LogP contribution in [0.4, 0.5) is 5.69 Å². The molecule has 230 valence electrons. The first-order valence-electron chi connectivity index (χ1n) is 14.3. The number of piperidine rings is 1. The van der Waals surface area contributed by atoms with E-state index in [1.165, 1.54) is 14.2 Å². The maximum absolute atomic E-state index is 13.9. The third-order valence-electron chi connectivity index (χ3n) is 7.24. The highest BCUT2D eigenvalue weighted by atomic mass is 35.5. The van der Waals surface area contributed by atoms with Gasteiger partial charge in [-0.05, 0) is 37.3 Å². The third kappa shape index (κ3) is 8.38. The number of hydrogen-bond acceptors (Lipinski definition) is 7. The summed E-state index contributed by atoms with van der Waals surface area (Å²) in [6.07, 6.45) is -0.116. The number of para-hydroxylation sites is 1. The Morgan fingerprint density at radius 2 is 1.67 bits per heavy atom. The monoisotopic (exact) mass is 602 g/mol. The number of nitrogens with zero attached hydrogens (tertiary/aromatic N) is 2. The smallest absolute Gasteiger partial charge is 0.309 e. The van der Waals surface area contributed by atoms with E-state index >= 15 is 0 Å². The number of hydrogen-bond donors (Lipinski definition) is 1. The van der Waals surface area contributed by atoms with Crippen molar-refractivity contribution in [2.75, 3.05) is 45.4 Å². The number of aliphatic hydroxyl groups excluding tert-OH is 1. The van der Waals surface area contributed by atoms with Crippen LogP contribution < -0.4 is 14.4 Å². The summed E-state index contributed by atoms with van der Waals surface area (Å²) >= 11 is 6.45. The van der Waals surface area contributed by atoms with Crippen LogP contribution in [-0.2, 0) is 19.1 Å². The van der Waals surface area contributed by atoms with Gasteiger partial charge in [0.25, 0.3) is 0 Å². The maximum atomic E-state index is 13.9. The number of benzene rings is 2. The van der Waals surface area contributed by atoms with E-state index in [0.29, 0.717) is 72.4 Å². The van der Waals surface area contributed by atoms with Crippen LogP contribution in [0.15, 0.2) is 36.4 Å². The fraction of sp³-hybridized carbons (Fsp3) is 0.531. The van der Waals surface area contributed by atoms with Crippen LogP contribution in [0.5, 0.6) is 11.5 Å². The SMILES string of the molecule is CCOC(=O)C1CCN(C(=O)CCC(=O)N(CC(C)(C)C)c2c(OC)cc(Cl)cc2[C@H](O)c2ccccc2OC)CC1. The second kappa shape index (κ2) is 14.7. The Morgan fingerprint density at radius 1 is 1.02 bits per heavy atom. The molecule has 1 fully saturated rings. The second-order valence-corrected chi connectivity index (χ2v) is 12.1. The predicted octanol–water partition coefficient (Wildman–Crippen LogP) is 5.40. The largest absolute Gasteiger partial charge is 0.496 e. The van der Waals surface area contributed by atoms with E-state index in [9.17, 15) is 19.5 Å². The van der Waals surface area contributed by atoms with Gasteiger partial charge in [-0.15, -0.1) is 0 Å². The highest BCUT2D eigenvalue weighted by molar-refractivity contribution is 6.31. The number of carbonyl (C=O) groups is 3. The van der Waals surface area contributed by atoms with Gasteiger partial charge in [-0.25, -0.2) is 0 Å². The van der Waals surface area contributed by atoms with Crippen LogP contribution in [-0.4, -0.2) is 68.3 Å². The lowest BCUT2D eigenvalue weighted by atomic mass is 9.93. The fourth-order valence-corrected chi connectivity index (χ4v) is 5.42. The standard InChI is InChI=1S/C32H43ClN2O7/c1-7-42-31(39)21-14-16-34(17-15-21)27(36)12-13-28(37)35(20-32(2,3)4)29-24(18-22(33)19-26(29)41-6)30(38)23-10-8-9-11-25(23)40-5/h8-11,18-19,21,30,38H,7,12-17,20H2,1-6H3/t30-/m1/s1. The molecule has 1 saturated heterocycles. The van der Waals surface area contributed by atoms with E-state index in [1.807, 2.05) is 20.8 Å². The molecule has 0 saturated carbocycles. The zero-order valence-corrected chi connectivity index (χ0v) is 26.2. The lowest BCUT2D eigenvalue weighted by molar-refractivity contribution is -0.151. The number of esters is 1. The molecule has 0 spiro atoms. The van der Waals surface area contributed by atoms with Gasteiger partial charge in [-0.2, -0.15) is 0 Å². The van der Waals surface area contributed by atoms with Crippen molar-refractivity contribution in [3.8, 4) is 11.5 Å². The van der Waals surface area contributed by atoms with Gasteiger partial charge >= 0.3 is 5.97 Å². The minimum absolute atomic E-state index is 0.0177. The number of aliphatic hydroxyl groups is 1. The van der Waals surface area contributed by atoms with Gasteiger partial charge in [0, 0.05) is 54.7 Å². The number of carbonyl (C=O) groups excluding carboxylic acids is 3. The van der Waals surface area contributed by atoms with Gasteiger partial charge < -0.3 is 29.1 Å². The average Bonchev–Trinajstić information content (AvgIpc) is 2.97. The van der Waals surface area contributed by atoms with E-state index in [0.717, 1.165) is 0 Å². The van der Waals surface area contributed by atoms with Crippen molar-refractivity contribution in [1.29, 1.82) is 0 Å². The van der Waals surface area contributed by atoms with E-state index in [-0.39, 0.29) is 42.0 Å². The summed E-state index contributed by atoms with van der Waals surface area (Å²) in [6.45, 7) is 9.32. The van der Waals surface area contributed by atoms with Crippen LogP contribution in [0, 0.1) is 11.3 Å². The summed E-state index contributed by atoms with van der Waals surface area (Å²) < 4.78 is 16.3. The van der Waals surface area contributed by atoms with Crippen molar-refractivity contribution in [2.45, 2.75) is 59.5 Å². The predicted molar refractivity (Wildman–Crippen MR) is 162 cm³/mol. The Hall–Kier alpha value is -3.30. The Morgan fingerprint density at radius 3 is 2.26 bits per heavy atom. The fourth-order valence-electron chi connectivity index (χ4n) is 5.21. The van der Waals surface area contributed by atoms with Crippen LogP contribution in [0.1, 0.15) is 70.6 Å². The van der Waals surface area contributed by atoms with Gasteiger partial charge in [0.2, 0.25) is 11.8 Å². The number of methoxy groups -OCH3 is 2. The molecule has 1 atom stereocenters. The van der Waals surface area contributed by atoms with Crippen molar-refractivity contribution in [1.82, 2.24) is 4.90 Å². The first-order valence-corrected chi connectivity index (χ1v) is 14.7. The number of amides is 2. The summed E-state index contributed by atoms with van der Waals surface area (Å²) in [6, 6.07) is 10.3. The van der Waals surface area contributed by atoms with E-state index < -0.39 is 6.10 Å². The lowest BCUT2D eigenvalue weighted by Crippen LogP contribution is -2.42. The number of ether oxygens (including phenoxy) is 3. The Balaban J connectivity index is 1.89. The molecular formula is C32H43ClN2O7. The molecule has 2 aromatic rings. The molecule has 0 aromatic heterocycles. The van der Waals surface area contributed by atoms with Gasteiger partial charge in [-0.3, -0.25) is 14.4 Å². The van der Waals surface area contributed by atoms with Crippen LogP contribution >= 0.6 is 11.6 Å². The topological polar surface area (TPSA) is 106 Å². The van der Waals surface area contributed by atoms with Crippen LogP contribution in [0.25, 0.3) is 0 Å². The quantitative estimate of drug-likeness (QED) is 0.343. The van der Waals surface area contributed by atoms with Crippen LogP contribution in [0.3, 0.4) is 0 Å². The number of halogens is 1. The Labute approximate surface area is 253 Å². The molecular weight excluding hydrogens is 560 g/mol. The summed E-state index contributed by atoms with van der Waals surface area (Å²) in [5.41, 5.74) is 0.957.